The minimum atomic E-state index is -0.894. The molecular weight excluding hydrogens is 308 g/mol. The van der Waals surface area contributed by atoms with Crippen LogP contribution < -0.4 is 0 Å². The van der Waals surface area contributed by atoms with Crippen LogP contribution in [-0.4, -0.2) is 17.9 Å². The normalized spacial score (nSPS) is 14.8. The molecule has 2 nitrogen and oxygen atoms in total. The number of rotatable bonds is 3. The molecule has 2 aromatic carbocycles. The van der Waals surface area contributed by atoms with Crippen molar-refractivity contribution in [1.29, 1.82) is 0 Å². The summed E-state index contributed by atoms with van der Waals surface area (Å²) < 4.78 is 26.5. The second kappa shape index (κ2) is 6.71. The van der Waals surface area contributed by atoms with E-state index in [2.05, 4.69) is 0 Å². The van der Waals surface area contributed by atoms with E-state index in [1.165, 1.54) is 23.6 Å². The Morgan fingerprint density at radius 3 is 2.42 bits per heavy atom. The van der Waals surface area contributed by atoms with E-state index in [0.717, 1.165) is 31.4 Å². The SMILES string of the molecule is CC(c1ccc(F)c(F)c1)N(C)C(=O)c1ccc2c(c1)CCCC2. The molecule has 0 heterocycles. The van der Waals surface area contributed by atoms with Gasteiger partial charge in [0.25, 0.3) is 5.91 Å². The van der Waals surface area contributed by atoms with Gasteiger partial charge in [-0.15, -0.1) is 0 Å². The van der Waals surface area contributed by atoms with Crippen LogP contribution in [0.1, 0.15) is 52.9 Å². The predicted molar refractivity (Wildman–Crippen MR) is 90.0 cm³/mol. The zero-order chi connectivity index (χ0) is 17.3. The zero-order valence-corrected chi connectivity index (χ0v) is 14.0. The van der Waals surface area contributed by atoms with Crippen molar-refractivity contribution in [3.05, 3.63) is 70.3 Å². The highest BCUT2D eigenvalue weighted by molar-refractivity contribution is 5.94. The summed E-state index contributed by atoms with van der Waals surface area (Å²) in [5, 5.41) is 0. The first-order valence-electron chi connectivity index (χ1n) is 8.31. The number of amides is 1. The second-order valence-corrected chi connectivity index (χ2v) is 6.46. The average Bonchev–Trinajstić information content (AvgIpc) is 2.61. The van der Waals surface area contributed by atoms with E-state index < -0.39 is 11.6 Å². The first-order valence-corrected chi connectivity index (χ1v) is 8.31. The lowest BCUT2D eigenvalue weighted by Gasteiger charge is -2.26. The Morgan fingerprint density at radius 1 is 1.00 bits per heavy atom. The molecule has 1 atom stereocenters. The number of hydrogen-bond donors (Lipinski definition) is 0. The molecule has 0 saturated heterocycles. The van der Waals surface area contributed by atoms with Crippen molar-refractivity contribution in [2.75, 3.05) is 7.05 Å². The predicted octanol–water partition coefficient (Wildman–Crippen LogP) is 4.68. The molecule has 0 spiro atoms. The Bertz CT molecular complexity index is 772. The molecule has 0 N–H and O–H groups in total. The van der Waals surface area contributed by atoms with Gasteiger partial charge in [-0.25, -0.2) is 8.78 Å². The smallest absolute Gasteiger partial charge is 0.254 e. The Balaban J connectivity index is 1.82. The number of halogens is 2. The topological polar surface area (TPSA) is 20.3 Å². The van der Waals surface area contributed by atoms with Crippen molar-refractivity contribution < 1.29 is 13.6 Å². The number of carbonyl (C=O) groups excluding carboxylic acids is 1. The van der Waals surface area contributed by atoms with E-state index in [0.29, 0.717) is 11.1 Å². The van der Waals surface area contributed by atoms with Gasteiger partial charge in [-0.2, -0.15) is 0 Å². The van der Waals surface area contributed by atoms with E-state index in [9.17, 15) is 13.6 Å². The molecule has 126 valence electrons. The van der Waals surface area contributed by atoms with Crippen molar-refractivity contribution >= 4 is 5.91 Å². The van der Waals surface area contributed by atoms with Gasteiger partial charge in [0, 0.05) is 12.6 Å². The van der Waals surface area contributed by atoms with E-state index in [1.807, 2.05) is 25.1 Å². The standard InChI is InChI=1S/C20H21F2NO/c1-13(15-9-10-18(21)19(22)12-15)23(2)20(24)17-8-7-14-5-3-4-6-16(14)11-17/h7-13H,3-6H2,1-2H3. The summed E-state index contributed by atoms with van der Waals surface area (Å²) in [6.45, 7) is 1.81. The van der Waals surface area contributed by atoms with Crippen LogP contribution in [0.25, 0.3) is 0 Å². The molecule has 0 aliphatic heterocycles. The first-order chi connectivity index (χ1) is 11.5. The maximum atomic E-state index is 13.4. The lowest BCUT2D eigenvalue weighted by atomic mass is 9.90. The largest absolute Gasteiger partial charge is 0.335 e. The average molecular weight is 329 g/mol. The molecule has 3 rings (SSSR count). The lowest BCUT2D eigenvalue weighted by Crippen LogP contribution is -2.30. The van der Waals surface area contributed by atoms with Crippen LogP contribution in [0.4, 0.5) is 8.78 Å². The van der Waals surface area contributed by atoms with Crippen molar-refractivity contribution in [2.45, 2.75) is 38.6 Å². The molecule has 1 amide bonds. The minimum Gasteiger partial charge on any atom is -0.335 e. The highest BCUT2D eigenvalue weighted by atomic mass is 19.2. The molecule has 1 aliphatic carbocycles. The Labute approximate surface area is 141 Å². The summed E-state index contributed by atoms with van der Waals surface area (Å²) in [4.78, 5) is 14.3. The number of carbonyl (C=O) groups is 1. The van der Waals surface area contributed by atoms with Gasteiger partial charge in [0.2, 0.25) is 0 Å². The van der Waals surface area contributed by atoms with Crippen LogP contribution in [0.5, 0.6) is 0 Å². The Morgan fingerprint density at radius 2 is 1.71 bits per heavy atom. The molecule has 0 aromatic heterocycles. The minimum absolute atomic E-state index is 0.111. The van der Waals surface area contributed by atoms with Crippen LogP contribution in [0, 0.1) is 11.6 Å². The van der Waals surface area contributed by atoms with Gasteiger partial charge in [0.1, 0.15) is 0 Å². The van der Waals surface area contributed by atoms with Crippen molar-refractivity contribution in [3.63, 3.8) is 0 Å². The summed E-state index contributed by atoms with van der Waals surface area (Å²) in [5.74, 6) is -1.88. The van der Waals surface area contributed by atoms with E-state index in [4.69, 9.17) is 0 Å². The van der Waals surface area contributed by atoms with Gasteiger partial charge >= 0.3 is 0 Å². The van der Waals surface area contributed by atoms with Gasteiger partial charge in [0.05, 0.1) is 6.04 Å². The summed E-state index contributed by atoms with van der Waals surface area (Å²) in [6, 6.07) is 9.29. The second-order valence-electron chi connectivity index (χ2n) is 6.46. The Hall–Kier alpha value is -2.23. The molecule has 4 heteroatoms. The molecular formula is C20H21F2NO. The van der Waals surface area contributed by atoms with Crippen molar-refractivity contribution in [1.82, 2.24) is 4.90 Å². The fourth-order valence-corrected chi connectivity index (χ4v) is 3.24. The quantitative estimate of drug-likeness (QED) is 0.801. The van der Waals surface area contributed by atoms with Gasteiger partial charge in [0.15, 0.2) is 11.6 Å². The number of hydrogen-bond acceptors (Lipinski definition) is 1. The number of nitrogens with zero attached hydrogens (tertiary/aromatic N) is 1. The van der Waals surface area contributed by atoms with E-state index in [-0.39, 0.29) is 11.9 Å². The molecule has 0 saturated carbocycles. The third-order valence-corrected chi connectivity index (χ3v) is 4.92. The van der Waals surface area contributed by atoms with E-state index >= 15 is 0 Å². The third-order valence-electron chi connectivity index (χ3n) is 4.92. The highest BCUT2D eigenvalue weighted by Crippen LogP contribution is 2.25. The first kappa shape index (κ1) is 16.6. The molecule has 0 fully saturated rings. The van der Waals surface area contributed by atoms with Gasteiger partial charge in [-0.1, -0.05) is 12.1 Å². The highest BCUT2D eigenvalue weighted by Gasteiger charge is 2.21. The molecule has 0 bridgehead atoms. The molecule has 2 aromatic rings. The maximum absolute atomic E-state index is 13.4. The molecule has 1 unspecified atom stereocenters. The van der Waals surface area contributed by atoms with Gasteiger partial charge < -0.3 is 4.90 Å². The summed E-state index contributed by atoms with van der Waals surface area (Å²) in [6.07, 6.45) is 4.45. The van der Waals surface area contributed by atoms with Gasteiger partial charge in [-0.05, 0) is 73.6 Å². The monoisotopic (exact) mass is 329 g/mol. The molecule has 1 aliphatic rings. The molecule has 0 radical (unpaired) electrons. The maximum Gasteiger partial charge on any atom is 0.254 e. The van der Waals surface area contributed by atoms with Crippen molar-refractivity contribution in [2.24, 2.45) is 0 Å². The fourth-order valence-electron chi connectivity index (χ4n) is 3.24. The third kappa shape index (κ3) is 3.18. The lowest BCUT2D eigenvalue weighted by molar-refractivity contribution is 0.0742. The number of fused-ring (bicyclic) bond motifs is 1. The van der Waals surface area contributed by atoms with E-state index in [1.54, 1.807) is 11.9 Å². The van der Waals surface area contributed by atoms with Crippen LogP contribution in [-0.2, 0) is 12.8 Å². The summed E-state index contributed by atoms with van der Waals surface area (Å²) in [5.41, 5.74) is 3.80. The summed E-state index contributed by atoms with van der Waals surface area (Å²) in [7, 11) is 1.69. The van der Waals surface area contributed by atoms with Crippen LogP contribution in [0.3, 0.4) is 0 Å². The Kier molecular flexibility index (Phi) is 4.65. The number of benzene rings is 2. The van der Waals surface area contributed by atoms with Crippen LogP contribution in [0.2, 0.25) is 0 Å². The van der Waals surface area contributed by atoms with Gasteiger partial charge in [-0.3, -0.25) is 4.79 Å². The number of aryl methyl sites for hydroxylation is 2. The van der Waals surface area contributed by atoms with Crippen molar-refractivity contribution in [3.8, 4) is 0 Å². The molecule has 24 heavy (non-hydrogen) atoms. The van der Waals surface area contributed by atoms with Crippen LogP contribution >= 0.6 is 0 Å². The van der Waals surface area contributed by atoms with Crippen LogP contribution in [0.15, 0.2) is 36.4 Å². The zero-order valence-electron chi connectivity index (χ0n) is 14.0. The fraction of sp³-hybridized carbons (Fsp3) is 0.350. The summed E-state index contributed by atoms with van der Waals surface area (Å²) >= 11 is 0.